The van der Waals surface area contributed by atoms with Gasteiger partial charge in [-0.2, -0.15) is 5.26 Å². The summed E-state index contributed by atoms with van der Waals surface area (Å²) >= 11 is 0. The fourth-order valence-electron chi connectivity index (χ4n) is 6.91. The number of piperidine rings is 1. The van der Waals surface area contributed by atoms with Crippen molar-refractivity contribution in [3.63, 3.8) is 0 Å². The smallest absolute Gasteiger partial charge is 0.163 e. The number of ketones is 1. The minimum atomic E-state index is -0.370. The number of aryl methyl sites for hydroxylation is 3. The second-order valence-corrected chi connectivity index (χ2v) is 12.4. The highest BCUT2D eigenvalue weighted by molar-refractivity contribution is 6.11. The number of Topliss-reactive ketones (excluding diaryl/α,β-unsaturated/α-hetero) is 1. The number of nitrogens with one attached hydrogen (secondary N) is 1. The molecule has 0 amide bonds. The van der Waals surface area contributed by atoms with Gasteiger partial charge in [0.25, 0.3) is 0 Å². The number of hydrogen-bond acceptors (Lipinski definition) is 5. The van der Waals surface area contributed by atoms with Crippen LogP contribution in [0.2, 0.25) is 0 Å². The lowest BCUT2D eigenvalue weighted by Gasteiger charge is -2.34. The van der Waals surface area contributed by atoms with Gasteiger partial charge in [-0.25, -0.2) is 4.39 Å². The van der Waals surface area contributed by atoms with E-state index >= 15 is 0 Å². The molecule has 45 heavy (non-hydrogen) atoms. The normalized spacial score (nSPS) is 15.4. The van der Waals surface area contributed by atoms with Crippen molar-refractivity contribution in [2.75, 3.05) is 37.8 Å². The Hall–Kier alpha value is -3.99. The minimum Gasteiger partial charge on any atom is -0.379 e. The molecule has 1 aliphatic heterocycles. The highest BCUT2D eigenvalue weighted by atomic mass is 19.1. The summed E-state index contributed by atoms with van der Waals surface area (Å²) in [6.45, 7) is 6.03. The second-order valence-electron chi connectivity index (χ2n) is 12.4. The number of aromatic nitrogens is 1. The molecule has 3 aromatic carbocycles. The number of H-pyrrole nitrogens is 1. The molecule has 1 saturated heterocycles. The maximum absolute atomic E-state index is 14.2. The molecule has 4 aromatic rings. The molecule has 0 atom stereocenters. The van der Waals surface area contributed by atoms with Crippen molar-refractivity contribution < 1.29 is 18.7 Å². The molecule has 0 unspecified atom stereocenters. The fraction of sp³-hybridized carbons (Fsp3) is 0.421. The van der Waals surface area contributed by atoms with Gasteiger partial charge in [-0.05, 0) is 104 Å². The molecule has 2 aliphatic rings. The molecule has 0 saturated carbocycles. The van der Waals surface area contributed by atoms with Gasteiger partial charge in [-0.3, -0.25) is 4.79 Å². The number of anilines is 1. The van der Waals surface area contributed by atoms with Gasteiger partial charge in [0.15, 0.2) is 5.78 Å². The number of nitrogens with zero attached hydrogens (tertiary/aromatic N) is 2. The van der Waals surface area contributed by atoms with Crippen LogP contribution in [0.5, 0.6) is 0 Å². The Kier molecular flexibility index (Phi) is 9.93. The number of rotatable bonds is 12. The van der Waals surface area contributed by atoms with E-state index in [-0.39, 0.29) is 17.7 Å². The average molecular weight is 608 g/mol. The van der Waals surface area contributed by atoms with Crippen molar-refractivity contribution in [3.8, 4) is 17.3 Å². The third-order valence-corrected chi connectivity index (χ3v) is 9.28. The van der Waals surface area contributed by atoms with E-state index in [9.17, 15) is 9.18 Å². The first kappa shape index (κ1) is 31.0. The van der Waals surface area contributed by atoms with Crippen molar-refractivity contribution in [1.29, 1.82) is 5.26 Å². The van der Waals surface area contributed by atoms with E-state index in [2.05, 4.69) is 53.2 Å². The number of nitriles is 1. The highest BCUT2D eigenvalue weighted by Crippen LogP contribution is 2.37. The molecule has 0 bridgehead atoms. The summed E-state index contributed by atoms with van der Waals surface area (Å²) in [6, 6.07) is 19.7. The van der Waals surface area contributed by atoms with E-state index in [1.165, 1.54) is 23.4 Å². The van der Waals surface area contributed by atoms with E-state index in [0.29, 0.717) is 36.3 Å². The molecule has 1 N–H and O–H groups in total. The number of carbonyl (C=O) groups excluding carboxylic acids is 1. The molecule has 1 fully saturated rings. The van der Waals surface area contributed by atoms with Crippen LogP contribution in [0, 0.1) is 24.1 Å². The highest BCUT2D eigenvalue weighted by Gasteiger charge is 2.24. The fourth-order valence-corrected chi connectivity index (χ4v) is 6.91. The zero-order valence-corrected chi connectivity index (χ0v) is 26.2. The van der Waals surface area contributed by atoms with Gasteiger partial charge in [0, 0.05) is 54.0 Å². The second kappa shape index (κ2) is 14.4. The van der Waals surface area contributed by atoms with Crippen LogP contribution in [0.4, 0.5) is 10.1 Å². The van der Waals surface area contributed by atoms with Gasteiger partial charge < -0.3 is 19.4 Å². The number of ether oxygens (including phenoxy) is 2. The molecule has 2 heterocycles. The van der Waals surface area contributed by atoms with Crippen LogP contribution in [0.15, 0.2) is 54.6 Å². The van der Waals surface area contributed by atoms with Crippen LogP contribution < -0.4 is 4.90 Å². The Morgan fingerprint density at radius 2 is 1.80 bits per heavy atom. The minimum absolute atomic E-state index is 0.0293. The summed E-state index contributed by atoms with van der Waals surface area (Å²) in [5.74, 6) is -0.341. The van der Waals surface area contributed by atoms with Crippen LogP contribution >= 0.6 is 0 Å². The quantitative estimate of drug-likeness (QED) is 0.165. The zero-order valence-electron chi connectivity index (χ0n) is 26.2. The van der Waals surface area contributed by atoms with Crippen LogP contribution in [0.3, 0.4) is 0 Å². The lowest BCUT2D eigenvalue weighted by molar-refractivity contribution is -0.00527. The van der Waals surface area contributed by atoms with Crippen LogP contribution in [-0.2, 0) is 22.3 Å². The number of benzene rings is 3. The van der Waals surface area contributed by atoms with E-state index in [0.717, 1.165) is 98.8 Å². The molecule has 1 aliphatic carbocycles. The molecule has 0 radical (unpaired) electrons. The molecule has 0 spiro atoms. The topological polar surface area (TPSA) is 78.4 Å². The number of unbranched alkanes of at least 4 members (excludes halogenated alkanes) is 2. The van der Waals surface area contributed by atoms with Crippen molar-refractivity contribution in [2.24, 2.45) is 0 Å². The summed E-state index contributed by atoms with van der Waals surface area (Å²) in [4.78, 5) is 18.4. The van der Waals surface area contributed by atoms with E-state index in [1.807, 2.05) is 12.1 Å². The van der Waals surface area contributed by atoms with Gasteiger partial charge in [0.1, 0.15) is 5.82 Å². The SMILES string of the molecule is Cc1cc(C#N)ccc1N1CCC(OCCOCCCCCc2ccc(-c3[nH]c4cc(F)cc5c4c3CCCC5=O)cc2)CC1. The molecule has 6 rings (SSSR count). The summed E-state index contributed by atoms with van der Waals surface area (Å²) in [5.41, 5.74) is 8.81. The van der Waals surface area contributed by atoms with Crippen molar-refractivity contribution in [3.05, 3.63) is 88.2 Å². The predicted molar refractivity (Wildman–Crippen MR) is 176 cm³/mol. The molecule has 1 aromatic heterocycles. The number of hydrogen-bond donors (Lipinski definition) is 1. The van der Waals surface area contributed by atoms with Crippen LogP contribution in [-0.4, -0.2) is 49.8 Å². The Balaban J connectivity index is 0.870. The maximum atomic E-state index is 14.2. The van der Waals surface area contributed by atoms with Gasteiger partial charge >= 0.3 is 0 Å². The van der Waals surface area contributed by atoms with Crippen LogP contribution in [0.1, 0.15) is 77.6 Å². The van der Waals surface area contributed by atoms with Crippen LogP contribution in [0.25, 0.3) is 22.2 Å². The van der Waals surface area contributed by atoms with Gasteiger partial charge in [-0.1, -0.05) is 30.7 Å². The Labute approximate surface area is 265 Å². The number of aromatic amines is 1. The van der Waals surface area contributed by atoms with E-state index < -0.39 is 0 Å². The first-order chi connectivity index (χ1) is 22.0. The third kappa shape index (κ3) is 7.30. The number of halogens is 1. The molecule has 7 heteroatoms. The Bertz CT molecular complexity index is 1680. The molecular formula is C38H42FN3O3. The first-order valence-corrected chi connectivity index (χ1v) is 16.4. The average Bonchev–Trinajstić information content (AvgIpc) is 3.33. The van der Waals surface area contributed by atoms with Gasteiger partial charge in [-0.15, -0.1) is 0 Å². The largest absolute Gasteiger partial charge is 0.379 e. The van der Waals surface area contributed by atoms with E-state index in [4.69, 9.17) is 14.7 Å². The van der Waals surface area contributed by atoms with Gasteiger partial charge in [0.05, 0.1) is 31.0 Å². The van der Waals surface area contributed by atoms with Gasteiger partial charge in [0.2, 0.25) is 0 Å². The predicted octanol–water partition coefficient (Wildman–Crippen LogP) is 8.09. The van der Waals surface area contributed by atoms with Crippen molar-refractivity contribution in [1.82, 2.24) is 4.98 Å². The maximum Gasteiger partial charge on any atom is 0.163 e. The first-order valence-electron chi connectivity index (χ1n) is 16.4. The lowest BCUT2D eigenvalue weighted by atomic mass is 9.99. The molecular weight excluding hydrogens is 565 g/mol. The Morgan fingerprint density at radius 1 is 0.978 bits per heavy atom. The lowest BCUT2D eigenvalue weighted by Crippen LogP contribution is -2.37. The third-order valence-electron chi connectivity index (χ3n) is 9.28. The zero-order chi connectivity index (χ0) is 31.2. The molecule has 6 nitrogen and oxygen atoms in total. The van der Waals surface area contributed by atoms with Crippen molar-refractivity contribution >= 4 is 22.4 Å². The van der Waals surface area contributed by atoms with E-state index in [1.54, 1.807) is 0 Å². The van der Waals surface area contributed by atoms with Crippen molar-refractivity contribution in [2.45, 2.75) is 70.8 Å². The summed E-state index contributed by atoms with van der Waals surface area (Å²) < 4.78 is 26.2. The summed E-state index contributed by atoms with van der Waals surface area (Å²) in [6.07, 6.45) is 8.64. The monoisotopic (exact) mass is 607 g/mol. The molecule has 234 valence electrons. The standard InChI is InChI=1S/C38H42FN3O3/c1-26-22-28(25-40)11-14-35(26)42-17-15-31(16-18-42)45-21-20-44-19-4-2-3-6-27-9-12-29(13-10-27)38-32-7-5-8-36(43)33-23-30(39)24-34(41-38)37(32)33/h9-14,22-24,31,41H,2-8,15-21H2,1H3. The summed E-state index contributed by atoms with van der Waals surface area (Å²) in [5, 5.41) is 9.99. The summed E-state index contributed by atoms with van der Waals surface area (Å²) in [7, 11) is 0. The Morgan fingerprint density at radius 3 is 2.58 bits per heavy atom. The number of carbonyl (C=O) groups is 1.